The zero-order valence-electron chi connectivity index (χ0n) is 16.0. The molecule has 0 aliphatic heterocycles. The van der Waals surface area contributed by atoms with Crippen molar-refractivity contribution in [3.05, 3.63) is 35.9 Å². The van der Waals surface area contributed by atoms with E-state index >= 15 is 0 Å². The predicted octanol–water partition coefficient (Wildman–Crippen LogP) is 4.50. The molecule has 0 heterocycles. The number of alkyl halides is 6. The first-order chi connectivity index (χ1) is 13.7. The molecule has 162 valence electrons. The summed E-state index contributed by atoms with van der Waals surface area (Å²) in [6.07, 6.45) is -10.9. The molecule has 6 nitrogen and oxygen atoms in total. The van der Waals surface area contributed by atoms with Crippen molar-refractivity contribution in [2.24, 2.45) is 0 Å². The summed E-state index contributed by atoms with van der Waals surface area (Å²) in [5.41, 5.74) is -0.510. The molecule has 0 radical (unpaired) electrons. The summed E-state index contributed by atoms with van der Waals surface area (Å²) in [4.78, 5) is 32.3. The van der Waals surface area contributed by atoms with Crippen molar-refractivity contribution >= 4 is 11.9 Å². The van der Waals surface area contributed by atoms with Crippen LogP contribution in [-0.2, 0) is 74.7 Å². The summed E-state index contributed by atoms with van der Waals surface area (Å²) >= 11 is -5.51. The van der Waals surface area contributed by atoms with Crippen LogP contribution >= 0.6 is 0 Å². The van der Waals surface area contributed by atoms with E-state index in [9.17, 15) is 35.9 Å². The number of hydrogen-bond acceptors (Lipinski definition) is 6. The van der Waals surface area contributed by atoms with E-state index in [-0.39, 0.29) is 7.86 Å². The molecule has 0 aliphatic carbocycles. The standard InChI is InChI=1S/C12H16O2.2C2HF3O2.2Hg/c1-10(13-14-12(2,3)4)11-8-6-5-7-9-11;2*3-2(4,5)1(6)7;;/h5-10H,1-2H2,3-4H3;2*(H,6,7);;/q;;;2*+1/p-2. The Balaban J connectivity index is 2.62. The van der Waals surface area contributed by atoms with Crippen molar-refractivity contribution in [1.29, 1.82) is 0 Å². The molecular weight excluding hydrogens is 803 g/mol. The number of hydrogen-bond donors (Lipinski definition) is 0. The molecule has 30 heavy (non-hydrogen) atoms. The van der Waals surface area contributed by atoms with Crippen LogP contribution in [0.1, 0.15) is 25.5 Å². The van der Waals surface area contributed by atoms with Gasteiger partial charge in [-0.2, -0.15) is 0 Å². The van der Waals surface area contributed by atoms with Gasteiger partial charge in [-0.25, -0.2) is 0 Å². The zero-order valence-corrected chi connectivity index (χ0v) is 27.0. The van der Waals surface area contributed by atoms with E-state index in [2.05, 4.69) is 5.29 Å². The third-order valence-corrected chi connectivity index (χ3v) is 15.6. The van der Waals surface area contributed by atoms with Crippen molar-refractivity contribution in [3.8, 4) is 0 Å². The second kappa shape index (κ2) is 12.0. The molecule has 1 unspecified atom stereocenters. The first kappa shape index (κ1) is 27.6. The topological polar surface area (TPSA) is 71.1 Å². The fraction of sp³-hybridized carbons (Fsp3) is 0.500. The number of carbonyl (C=O) groups is 2. The average Bonchev–Trinajstić information content (AvgIpc) is 2.63. The molecule has 0 spiro atoms. The molecule has 0 bridgehead atoms. The van der Waals surface area contributed by atoms with Gasteiger partial charge in [-0.15, -0.1) is 0 Å². The quantitative estimate of drug-likeness (QED) is 0.150. The maximum atomic E-state index is 12.3. The van der Waals surface area contributed by atoms with Crippen molar-refractivity contribution in [2.75, 3.05) is 0 Å². The Morgan fingerprint density at radius 3 is 1.90 bits per heavy atom. The second-order valence-electron chi connectivity index (χ2n) is 6.64. The van der Waals surface area contributed by atoms with E-state index in [0.717, 1.165) is 0 Å². The SMILES string of the molecule is CC(C)([CH2][Hg][O]C(=O)C(F)(F)F)OOC([CH2][Hg][O]C(=O)C(F)(F)F)c1ccccc1. The van der Waals surface area contributed by atoms with Crippen LogP contribution < -0.4 is 0 Å². The molecule has 0 saturated carbocycles. The monoisotopic (exact) mass is 822 g/mol. The Hall–Kier alpha value is -0.470. The summed E-state index contributed by atoms with van der Waals surface area (Å²) in [6, 6.07) is 8.34. The third-order valence-electron chi connectivity index (χ3n) is 3.57. The third kappa shape index (κ3) is 10.7. The minimum atomic E-state index is -5.07. The molecule has 1 aromatic rings. The summed E-state index contributed by atoms with van der Waals surface area (Å²) in [7, 11) is 0. The molecule has 1 rings (SSSR count). The van der Waals surface area contributed by atoms with E-state index < -0.39 is 86.1 Å². The molecule has 0 aliphatic rings. The van der Waals surface area contributed by atoms with Gasteiger partial charge < -0.3 is 0 Å². The van der Waals surface area contributed by atoms with Crippen LogP contribution in [0.15, 0.2) is 30.3 Å². The Kier molecular flexibility index (Phi) is 11.0. The molecule has 0 aromatic heterocycles. The summed E-state index contributed by atoms with van der Waals surface area (Å²) in [6.45, 7) is 3.04. The summed E-state index contributed by atoms with van der Waals surface area (Å²) in [5.74, 6) is -4.47. The fourth-order valence-electron chi connectivity index (χ4n) is 1.98. The van der Waals surface area contributed by atoms with Gasteiger partial charge in [0.15, 0.2) is 0 Å². The van der Waals surface area contributed by atoms with Crippen molar-refractivity contribution in [2.45, 2.75) is 45.8 Å². The van der Waals surface area contributed by atoms with Crippen LogP contribution in [0.2, 0.25) is 7.86 Å². The molecule has 0 amide bonds. The minimum absolute atomic E-state index is 0.0509. The number of rotatable bonds is 10. The van der Waals surface area contributed by atoms with Crippen LogP contribution in [0.5, 0.6) is 0 Å². The normalized spacial score (nSPS) is 13.1. The van der Waals surface area contributed by atoms with E-state index in [0.29, 0.717) is 5.56 Å². The van der Waals surface area contributed by atoms with Gasteiger partial charge in [0.25, 0.3) is 0 Å². The summed E-state index contributed by atoms with van der Waals surface area (Å²) in [5, 5.41) is 0. The first-order valence-corrected chi connectivity index (χ1v) is 20.9. The van der Waals surface area contributed by atoms with Crippen molar-refractivity contribution < 1.29 is 101 Å². The fourth-order valence-corrected chi connectivity index (χ4v) is 10.3. The second-order valence-corrected chi connectivity index (χ2v) is 16.3. The molecule has 14 heteroatoms. The number of benzene rings is 1. The van der Waals surface area contributed by atoms with Crippen LogP contribution in [0.3, 0.4) is 0 Å². The molecule has 0 fully saturated rings. The van der Waals surface area contributed by atoms with E-state index in [1.54, 1.807) is 30.3 Å². The number of carbonyl (C=O) groups excluding carboxylic acids is 2. The molecular formula is C16H16F6Hg2O6. The van der Waals surface area contributed by atoms with Crippen LogP contribution in [0, 0.1) is 0 Å². The van der Waals surface area contributed by atoms with Gasteiger partial charge in [-0.3, -0.25) is 0 Å². The van der Waals surface area contributed by atoms with Crippen molar-refractivity contribution in [3.63, 3.8) is 0 Å². The van der Waals surface area contributed by atoms with Crippen LogP contribution in [0.25, 0.3) is 0 Å². The van der Waals surface area contributed by atoms with Gasteiger partial charge in [-0.1, -0.05) is 0 Å². The Morgan fingerprint density at radius 2 is 1.40 bits per heavy atom. The predicted molar refractivity (Wildman–Crippen MR) is 79.3 cm³/mol. The maximum absolute atomic E-state index is 12.3. The first-order valence-electron chi connectivity index (χ1n) is 8.60. The summed E-state index contributed by atoms with van der Waals surface area (Å²) < 4.78 is 82.1. The van der Waals surface area contributed by atoms with Crippen molar-refractivity contribution in [1.82, 2.24) is 0 Å². The van der Waals surface area contributed by atoms with Gasteiger partial charge in [0.05, 0.1) is 0 Å². The van der Waals surface area contributed by atoms with Gasteiger partial charge in [-0.05, 0) is 0 Å². The van der Waals surface area contributed by atoms with E-state index in [1.165, 1.54) is 13.8 Å². The Bertz CT molecular complexity index is 696. The van der Waals surface area contributed by atoms with Gasteiger partial charge in [0.1, 0.15) is 0 Å². The Morgan fingerprint density at radius 1 is 0.900 bits per heavy atom. The molecule has 0 N–H and O–H groups in total. The van der Waals surface area contributed by atoms with Crippen LogP contribution in [0.4, 0.5) is 26.3 Å². The molecule has 1 aromatic carbocycles. The van der Waals surface area contributed by atoms with Crippen LogP contribution in [-0.4, -0.2) is 29.9 Å². The average molecular weight is 819 g/mol. The molecule has 0 saturated heterocycles. The Labute approximate surface area is 193 Å². The van der Waals surface area contributed by atoms with Gasteiger partial charge in [0, 0.05) is 0 Å². The van der Waals surface area contributed by atoms with Gasteiger partial charge in [0.2, 0.25) is 0 Å². The van der Waals surface area contributed by atoms with E-state index in [1.807, 2.05) is 0 Å². The van der Waals surface area contributed by atoms with E-state index in [4.69, 9.17) is 9.78 Å². The van der Waals surface area contributed by atoms with Gasteiger partial charge >= 0.3 is 195 Å². The number of halogens is 6. The molecule has 1 atom stereocenters. The zero-order chi connectivity index (χ0) is 23.0.